The van der Waals surface area contributed by atoms with Gasteiger partial charge in [-0.25, -0.2) is 4.98 Å². The molecule has 1 fully saturated rings. The Labute approximate surface area is 104 Å². The summed E-state index contributed by atoms with van der Waals surface area (Å²) in [6, 6.07) is 4.13. The van der Waals surface area contributed by atoms with E-state index < -0.39 is 0 Å². The molecule has 2 aromatic rings. The number of fused-ring (bicyclic) bond motifs is 1. The second-order valence-corrected chi connectivity index (χ2v) is 5.31. The molecule has 2 aromatic heterocycles. The van der Waals surface area contributed by atoms with Gasteiger partial charge in [-0.3, -0.25) is 0 Å². The third-order valence-corrected chi connectivity index (χ3v) is 4.22. The minimum absolute atomic E-state index is 0.00162. The lowest BCUT2D eigenvalue weighted by Gasteiger charge is -2.33. The van der Waals surface area contributed by atoms with Crippen molar-refractivity contribution in [3.8, 4) is 0 Å². The van der Waals surface area contributed by atoms with Gasteiger partial charge >= 0.3 is 0 Å². The van der Waals surface area contributed by atoms with Crippen LogP contribution in [0, 0.1) is 0 Å². The third kappa shape index (κ3) is 1.82. The molecule has 0 aromatic carbocycles. The monoisotopic (exact) mass is 246 g/mol. The van der Waals surface area contributed by atoms with Crippen molar-refractivity contribution in [1.29, 1.82) is 0 Å². The Bertz CT molecular complexity index is 537. The van der Waals surface area contributed by atoms with Crippen LogP contribution in [-0.4, -0.2) is 23.9 Å². The Kier molecular flexibility index (Phi) is 2.81. The number of nitrogens with zero attached hydrogens (tertiary/aromatic N) is 2. The SMILES string of the molecule is O=CC1CCCCN1c1nccc2sccc12. The van der Waals surface area contributed by atoms with Crippen LogP contribution in [0.5, 0.6) is 0 Å². The third-order valence-electron chi connectivity index (χ3n) is 3.34. The van der Waals surface area contributed by atoms with Crippen LogP contribution in [0.15, 0.2) is 23.7 Å². The van der Waals surface area contributed by atoms with Crippen molar-refractivity contribution >= 4 is 33.5 Å². The number of carbonyl (C=O) groups is 1. The van der Waals surface area contributed by atoms with Gasteiger partial charge in [0.25, 0.3) is 0 Å². The fourth-order valence-corrected chi connectivity index (χ4v) is 3.25. The van der Waals surface area contributed by atoms with Crippen LogP contribution in [0.2, 0.25) is 0 Å². The lowest BCUT2D eigenvalue weighted by molar-refractivity contribution is -0.109. The van der Waals surface area contributed by atoms with E-state index >= 15 is 0 Å². The van der Waals surface area contributed by atoms with Crippen LogP contribution in [-0.2, 0) is 4.79 Å². The first-order valence-electron chi connectivity index (χ1n) is 5.94. The Hall–Kier alpha value is -1.42. The average molecular weight is 246 g/mol. The van der Waals surface area contributed by atoms with Crippen molar-refractivity contribution in [2.45, 2.75) is 25.3 Å². The Morgan fingerprint density at radius 3 is 3.24 bits per heavy atom. The molecule has 1 atom stereocenters. The number of anilines is 1. The standard InChI is InChI=1S/C13H14N2OS/c16-9-10-3-1-2-7-15(10)13-11-5-8-17-12(11)4-6-14-13/h4-6,8-10H,1-3,7H2. The number of aromatic nitrogens is 1. The van der Waals surface area contributed by atoms with Gasteiger partial charge in [-0.15, -0.1) is 11.3 Å². The molecule has 3 rings (SSSR count). The molecule has 88 valence electrons. The Morgan fingerprint density at radius 2 is 2.35 bits per heavy atom. The molecular formula is C13H14N2OS. The van der Waals surface area contributed by atoms with Crippen LogP contribution in [0.25, 0.3) is 10.1 Å². The molecule has 1 unspecified atom stereocenters. The smallest absolute Gasteiger partial charge is 0.142 e. The molecule has 1 aliphatic heterocycles. The van der Waals surface area contributed by atoms with Gasteiger partial charge in [-0.1, -0.05) is 0 Å². The topological polar surface area (TPSA) is 33.2 Å². The molecule has 0 radical (unpaired) electrons. The minimum atomic E-state index is 0.00162. The molecule has 17 heavy (non-hydrogen) atoms. The van der Waals surface area contributed by atoms with E-state index in [9.17, 15) is 4.79 Å². The Morgan fingerprint density at radius 1 is 1.41 bits per heavy atom. The molecular weight excluding hydrogens is 232 g/mol. The highest BCUT2D eigenvalue weighted by Crippen LogP contribution is 2.31. The zero-order valence-electron chi connectivity index (χ0n) is 9.50. The van der Waals surface area contributed by atoms with Crippen molar-refractivity contribution in [3.05, 3.63) is 23.7 Å². The molecule has 4 heteroatoms. The minimum Gasteiger partial charge on any atom is -0.346 e. The van der Waals surface area contributed by atoms with E-state index in [-0.39, 0.29) is 6.04 Å². The number of rotatable bonds is 2. The summed E-state index contributed by atoms with van der Waals surface area (Å²) in [5.74, 6) is 0.973. The van der Waals surface area contributed by atoms with Crippen LogP contribution in [0.4, 0.5) is 5.82 Å². The molecule has 3 nitrogen and oxygen atoms in total. The van der Waals surface area contributed by atoms with Crippen LogP contribution in [0.3, 0.4) is 0 Å². The predicted molar refractivity (Wildman–Crippen MR) is 70.7 cm³/mol. The van der Waals surface area contributed by atoms with Gasteiger partial charge in [0.1, 0.15) is 12.1 Å². The molecule has 1 saturated heterocycles. The largest absolute Gasteiger partial charge is 0.346 e. The lowest BCUT2D eigenvalue weighted by Crippen LogP contribution is -2.41. The summed E-state index contributed by atoms with van der Waals surface area (Å²) in [6.45, 7) is 0.936. The summed E-state index contributed by atoms with van der Waals surface area (Å²) >= 11 is 1.72. The highest BCUT2D eigenvalue weighted by Gasteiger charge is 2.24. The van der Waals surface area contributed by atoms with Crippen LogP contribution < -0.4 is 4.90 Å². The second kappa shape index (κ2) is 4.45. The van der Waals surface area contributed by atoms with Gasteiger partial charge in [0.05, 0.1) is 6.04 Å². The predicted octanol–water partition coefficient (Wildman–Crippen LogP) is 2.85. The first-order chi connectivity index (χ1) is 8.40. The molecule has 3 heterocycles. The molecule has 1 aliphatic rings. The maximum absolute atomic E-state index is 11.2. The van der Waals surface area contributed by atoms with E-state index in [4.69, 9.17) is 0 Å². The van der Waals surface area contributed by atoms with Gasteiger partial charge in [0.15, 0.2) is 0 Å². The molecule has 0 saturated carbocycles. The molecule has 0 N–H and O–H groups in total. The second-order valence-electron chi connectivity index (χ2n) is 4.36. The van der Waals surface area contributed by atoms with Gasteiger partial charge in [0.2, 0.25) is 0 Å². The van der Waals surface area contributed by atoms with Gasteiger partial charge in [0, 0.05) is 22.8 Å². The van der Waals surface area contributed by atoms with E-state index in [1.54, 1.807) is 11.3 Å². The van der Waals surface area contributed by atoms with Crippen molar-refractivity contribution in [2.75, 3.05) is 11.4 Å². The molecule has 0 amide bonds. The molecule has 0 aliphatic carbocycles. The first-order valence-corrected chi connectivity index (χ1v) is 6.82. The average Bonchev–Trinajstić information content (AvgIpc) is 2.86. The number of hydrogen-bond acceptors (Lipinski definition) is 4. The molecule has 0 bridgehead atoms. The first kappa shape index (κ1) is 10.7. The van der Waals surface area contributed by atoms with Crippen molar-refractivity contribution < 1.29 is 4.79 Å². The van der Waals surface area contributed by atoms with Gasteiger partial charge in [-0.05, 0) is 36.8 Å². The molecule has 0 spiro atoms. The van der Waals surface area contributed by atoms with Crippen LogP contribution >= 0.6 is 11.3 Å². The van der Waals surface area contributed by atoms with E-state index in [0.717, 1.165) is 37.9 Å². The van der Waals surface area contributed by atoms with Crippen molar-refractivity contribution in [3.63, 3.8) is 0 Å². The summed E-state index contributed by atoms with van der Waals surface area (Å²) in [6.07, 6.45) is 6.13. The number of aldehydes is 1. The summed E-state index contributed by atoms with van der Waals surface area (Å²) in [4.78, 5) is 17.8. The summed E-state index contributed by atoms with van der Waals surface area (Å²) in [5, 5.41) is 3.25. The van der Waals surface area contributed by atoms with E-state index in [1.807, 2.05) is 12.3 Å². The highest BCUT2D eigenvalue weighted by molar-refractivity contribution is 7.17. The van der Waals surface area contributed by atoms with Gasteiger partial charge < -0.3 is 9.69 Å². The maximum atomic E-state index is 11.2. The fraction of sp³-hybridized carbons (Fsp3) is 0.385. The lowest BCUT2D eigenvalue weighted by atomic mass is 10.0. The Balaban J connectivity index is 2.07. The van der Waals surface area contributed by atoms with E-state index in [2.05, 4.69) is 21.3 Å². The van der Waals surface area contributed by atoms with E-state index in [0.29, 0.717) is 0 Å². The van der Waals surface area contributed by atoms with E-state index in [1.165, 1.54) is 10.1 Å². The number of hydrogen-bond donors (Lipinski definition) is 0. The fourth-order valence-electron chi connectivity index (χ4n) is 2.47. The van der Waals surface area contributed by atoms with Crippen molar-refractivity contribution in [1.82, 2.24) is 4.98 Å². The maximum Gasteiger partial charge on any atom is 0.142 e. The summed E-state index contributed by atoms with van der Waals surface area (Å²) < 4.78 is 1.24. The summed E-state index contributed by atoms with van der Waals surface area (Å²) in [5.41, 5.74) is 0. The van der Waals surface area contributed by atoms with Gasteiger partial charge in [-0.2, -0.15) is 0 Å². The van der Waals surface area contributed by atoms with Crippen molar-refractivity contribution in [2.24, 2.45) is 0 Å². The number of carbonyl (C=O) groups excluding carboxylic acids is 1. The normalized spacial score (nSPS) is 20.7. The highest BCUT2D eigenvalue weighted by atomic mass is 32.1. The number of piperidine rings is 1. The zero-order valence-corrected chi connectivity index (χ0v) is 10.3. The number of thiophene rings is 1. The zero-order chi connectivity index (χ0) is 11.7. The number of pyridine rings is 1. The summed E-state index contributed by atoms with van der Waals surface area (Å²) in [7, 11) is 0. The quantitative estimate of drug-likeness (QED) is 0.764. The van der Waals surface area contributed by atoms with Crippen LogP contribution in [0.1, 0.15) is 19.3 Å².